The number of thiophene rings is 1. The average molecular weight is 364 g/mol. The van der Waals surface area contributed by atoms with Crippen molar-refractivity contribution in [3.05, 3.63) is 53.4 Å². The van der Waals surface area contributed by atoms with Crippen LogP contribution >= 0.6 is 11.3 Å². The van der Waals surface area contributed by atoms with Crippen molar-refractivity contribution >= 4 is 21.4 Å². The Hall–Kier alpha value is -2.01. The summed E-state index contributed by atoms with van der Waals surface area (Å²) >= 11 is 1.61. The van der Waals surface area contributed by atoms with E-state index in [4.69, 9.17) is 4.74 Å². The number of hydrogen-bond acceptors (Lipinski definition) is 2. The van der Waals surface area contributed by atoms with Gasteiger partial charge in [-0.2, -0.15) is 13.2 Å². The number of ether oxygens (including phenoxy) is 1. The van der Waals surface area contributed by atoms with Crippen LogP contribution < -0.4 is 4.74 Å². The quantitative estimate of drug-likeness (QED) is 0.496. The molecule has 3 aromatic rings. The number of hydrogen-bond donors (Lipinski definition) is 0. The van der Waals surface area contributed by atoms with Crippen molar-refractivity contribution in [1.29, 1.82) is 0 Å². The van der Waals surface area contributed by atoms with E-state index in [9.17, 15) is 13.2 Å². The highest BCUT2D eigenvalue weighted by Gasteiger charge is 2.30. The highest BCUT2D eigenvalue weighted by Crippen LogP contribution is 2.43. The van der Waals surface area contributed by atoms with Crippen LogP contribution in [-0.2, 0) is 5.41 Å². The summed E-state index contributed by atoms with van der Waals surface area (Å²) < 4.78 is 44.4. The molecular formula is C20H19F3OS. The monoisotopic (exact) mass is 364 g/mol. The predicted molar refractivity (Wildman–Crippen MR) is 97.5 cm³/mol. The zero-order chi connectivity index (χ0) is 18.2. The minimum absolute atomic E-state index is 0.231. The summed E-state index contributed by atoms with van der Waals surface area (Å²) in [6, 6.07) is 13.2. The van der Waals surface area contributed by atoms with Crippen molar-refractivity contribution in [1.82, 2.24) is 0 Å². The van der Waals surface area contributed by atoms with Crippen molar-refractivity contribution in [2.75, 3.05) is 6.61 Å². The number of benzene rings is 2. The van der Waals surface area contributed by atoms with Gasteiger partial charge in [0.25, 0.3) is 0 Å². The fourth-order valence-corrected chi connectivity index (χ4v) is 3.74. The van der Waals surface area contributed by atoms with Crippen molar-refractivity contribution in [3.8, 4) is 16.9 Å². The summed E-state index contributed by atoms with van der Waals surface area (Å²) in [5, 5.41) is 3.02. The van der Waals surface area contributed by atoms with Crippen LogP contribution in [0.25, 0.3) is 21.2 Å². The minimum atomic E-state index is -4.37. The Morgan fingerprint density at radius 2 is 1.68 bits per heavy atom. The molecular weight excluding hydrogens is 345 g/mol. The van der Waals surface area contributed by atoms with Gasteiger partial charge < -0.3 is 4.74 Å². The zero-order valence-electron chi connectivity index (χ0n) is 14.3. The van der Waals surface area contributed by atoms with Crippen molar-refractivity contribution in [2.24, 2.45) is 0 Å². The maximum Gasteiger partial charge on any atom is 0.422 e. The molecule has 1 nitrogen and oxygen atoms in total. The molecule has 0 atom stereocenters. The highest BCUT2D eigenvalue weighted by molar-refractivity contribution is 7.17. The molecule has 0 fully saturated rings. The van der Waals surface area contributed by atoms with Crippen LogP contribution in [0, 0.1) is 0 Å². The Morgan fingerprint density at radius 3 is 2.36 bits per heavy atom. The van der Waals surface area contributed by atoms with Gasteiger partial charge in [-0.05, 0) is 40.1 Å². The first-order valence-electron chi connectivity index (χ1n) is 7.96. The van der Waals surface area contributed by atoms with Crippen molar-refractivity contribution in [2.45, 2.75) is 32.4 Å². The average Bonchev–Trinajstić information content (AvgIpc) is 2.99. The van der Waals surface area contributed by atoms with E-state index in [-0.39, 0.29) is 11.2 Å². The molecule has 0 amide bonds. The normalized spacial score (nSPS) is 12.6. The predicted octanol–water partition coefficient (Wildman–Crippen LogP) is 6.81. The molecule has 0 aliphatic heterocycles. The zero-order valence-corrected chi connectivity index (χ0v) is 15.1. The lowest BCUT2D eigenvalue weighted by Gasteiger charge is -2.25. The van der Waals surface area contributed by atoms with E-state index in [0.717, 1.165) is 26.8 Å². The number of rotatable bonds is 3. The van der Waals surface area contributed by atoms with Gasteiger partial charge in [0.2, 0.25) is 0 Å². The molecule has 132 valence electrons. The second-order valence-corrected chi connectivity index (χ2v) is 7.92. The lowest BCUT2D eigenvalue weighted by Crippen LogP contribution is -2.20. The van der Waals surface area contributed by atoms with E-state index >= 15 is 0 Å². The summed E-state index contributed by atoms with van der Waals surface area (Å²) in [4.78, 5) is 0. The Bertz CT molecular complexity index is 888. The van der Waals surface area contributed by atoms with Gasteiger partial charge in [0.15, 0.2) is 6.61 Å². The molecule has 3 rings (SSSR count). The maximum absolute atomic E-state index is 12.7. The van der Waals surface area contributed by atoms with Gasteiger partial charge in [-0.15, -0.1) is 11.3 Å². The molecule has 0 N–H and O–H groups in total. The van der Waals surface area contributed by atoms with Crippen molar-refractivity contribution in [3.63, 3.8) is 0 Å². The second-order valence-electron chi connectivity index (χ2n) is 6.97. The van der Waals surface area contributed by atoms with Crippen LogP contribution in [-0.4, -0.2) is 12.8 Å². The largest absolute Gasteiger partial charge is 0.483 e. The van der Waals surface area contributed by atoms with Crippen LogP contribution in [0.15, 0.2) is 47.8 Å². The molecule has 1 aromatic heterocycles. The van der Waals surface area contributed by atoms with E-state index in [0.29, 0.717) is 0 Å². The first kappa shape index (κ1) is 17.8. The first-order chi connectivity index (χ1) is 11.7. The Labute approximate surface area is 149 Å². The van der Waals surface area contributed by atoms with E-state index in [2.05, 4.69) is 0 Å². The smallest absolute Gasteiger partial charge is 0.422 e. The molecule has 0 aliphatic carbocycles. The summed E-state index contributed by atoms with van der Waals surface area (Å²) in [5.41, 5.74) is 2.38. The lowest BCUT2D eigenvalue weighted by atomic mass is 9.81. The molecule has 25 heavy (non-hydrogen) atoms. The number of alkyl halides is 3. The molecule has 0 bridgehead atoms. The Balaban J connectivity index is 2.23. The minimum Gasteiger partial charge on any atom is -0.483 e. The third kappa shape index (κ3) is 3.82. The van der Waals surface area contributed by atoms with Gasteiger partial charge in [0.05, 0.1) is 0 Å². The molecule has 0 spiro atoms. The molecule has 5 heteroatoms. The summed E-state index contributed by atoms with van der Waals surface area (Å²) in [6.07, 6.45) is -4.37. The van der Waals surface area contributed by atoms with Crippen LogP contribution in [0.4, 0.5) is 13.2 Å². The molecule has 2 aromatic carbocycles. The summed E-state index contributed by atoms with van der Waals surface area (Å²) in [5.74, 6) is 0.267. The second kappa shape index (κ2) is 6.37. The van der Waals surface area contributed by atoms with E-state index in [1.807, 2.05) is 56.5 Å². The number of halogens is 3. The van der Waals surface area contributed by atoms with Crippen LogP contribution in [0.5, 0.6) is 5.75 Å². The van der Waals surface area contributed by atoms with E-state index in [1.165, 1.54) is 0 Å². The first-order valence-corrected chi connectivity index (χ1v) is 8.84. The van der Waals surface area contributed by atoms with Crippen molar-refractivity contribution < 1.29 is 17.9 Å². The van der Waals surface area contributed by atoms with Gasteiger partial charge in [-0.25, -0.2) is 0 Å². The van der Waals surface area contributed by atoms with E-state index < -0.39 is 12.8 Å². The van der Waals surface area contributed by atoms with Crippen LogP contribution in [0.1, 0.15) is 26.3 Å². The van der Waals surface area contributed by atoms with Gasteiger partial charge in [-0.3, -0.25) is 0 Å². The van der Waals surface area contributed by atoms with Gasteiger partial charge in [0.1, 0.15) is 5.75 Å². The standard InChI is InChI=1S/C20H19F3OS/c1-19(2,3)15-7-5-8-16(24-12-20(21,22)23)18(15)14-6-4-9-17-13(14)10-11-25-17/h4-11H,12H2,1-3H3. The maximum atomic E-state index is 12.7. The molecule has 1 heterocycles. The third-order valence-corrected chi connectivity index (χ3v) is 4.87. The fraction of sp³-hybridized carbons (Fsp3) is 0.300. The van der Waals surface area contributed by atoms with Gasteiger partial charge in [-0.1, -0.05) is 45.0 Å². The summed E-state index contributed by atoms with van der Waals surface area (Å²) in [7, 11) is 0. The van der Waals surface area contributed by atoms with E-state index in [1.54, 1.807) is 23.5 Å². The lowest BCUT2D eigenvalue weighted by molar-refractivity contribution is -0.153. The van der Waals surface area contributed by atoms with Gasteiger partial charge >= 0.3 is 6.18 Å². The Morgan fingerprint density at radius 1 is 0.960 bits per heavy atom. The fourth-order valence-electron chi connectivity index (χ4n) is 2.93. The molecule has 0 aliphatic rings. The van der Waals surface area contributed by atoms with Gasteiger partial charge in [0, 0.05) is 15.6 Å². The molecule has 0 saturated carbocycles. The molecule has 0 saturated heterocycles. The van der Waals surface area contributed by atoms with Crippen LogP contribution in [0.2, 0.25) is 0 Å². The highest BCUT2D eigenvalue weighted by atomic mass is 32.1. The third-order valence-electron chi connectivity index (χ3n) is 3.99. The number of fused-ring (bicyclic) bond motifs is 1. The SMILES string of the molecule is CC(C)(C)c1cccc(OCC(F)(F)F)c1-c1cccc2sccc12. The molecule has 0 unspecified atom stereocenters. The Kier molecular flexibility index (Phi) is 4.54. The topological polar surface area (TPSA) is 9.23 Å². The van der Waals surface area contributed by atoms with Crippen LogP contribution in [0.3, 0.4) is 0 Å². The summed E-state index contributed by atoms with van der Waals surface area (Å²) in [6.45, 7) is 4.85. The molecule has 0 radical (unpaired) electrons.